The first-order valence-electron chi connectivity index (χ1n) is 12.1. The standard InChI is InChI=1S/C29H30N4O2/c1-22-27(21-32-16-18-33(19-17-32)26-10-6-3-7-11-26)31-29(35-22)25-14-12-24(13-15-25)28(34)30-20-23-8-4-2-5-9-23/h2-15H,16-21H2,1H3,(H,30,34). The average molecular weight is 467 g/mol. The van der Waals surface area contributed by atoms with Crippen LogP contribution in [0.5, 0.6) is 0 Å². The summed E-state index contributed by atoms with van der Waals surface area (Å²) in [6, 6.07) is 27.9. The van der Waals surface area contributed by atoms with Crippen molar-refractivity contribution in [2.45, 2.75) is 20.0 Å². The molecule has 1 aliphatic heterocycles. The van der Waals surface area contributed by atoms with E-state index < -0.39 is 0 Å². The zero-order valence-corrected chi connectivity index (χ0v) is 20.0. The van der Waals surface area contributed by atoms with E-state index in [0.717, 1.165) is 55.3 Å². The monoisotopic (exact) mass is 466 g/mol. The molecule has 0 bridgehead atoms. The zero-order chi connectivity index (χ0) is 24.0. The first-order chi connectivity index (χ1) is 17.2. The number of carbonyl (C=O) groups excluding carboxylic acids is 1. The number of aryl methyl sites for hydroxylation is 1. The average Bonchev–Trinajstić information content (AvgIpc) is 3.28. The molecule has 2 heterocycles. The number of anilines is 1. The second kappa shape index (κ2) is 10.6. The summed E-state index contributed by atoms with van der Waals surface area (Å²) in [5, 5.41) is 2.96. The molecule has 3 aromatic carbocycles. The Morgan fingerprint density at radius 2 is 1.54 bits per heavy atom. The Bertz CT molecular complexity index is 1250. The van der Waals surface area contributed by atoms with E-state index in [4.69, 9.17) is 9.40 Å². The number of hydrogen-bond donors (Lipinski definition) is 1. The van der Waals surface area contributed by atoms with E-state index in [1.165, 1.54) is 5.69 Å². The number of hydrogen-bond acceptors (Lipinski definition) is 5. The van der Waals surface area contributed by atoms with Gasteiger partial charge in [0.15, 0.2) is 0 Å². The van der Waals surface area contributed by atoms with Gasteiger partial charge in [0.25, 0.3) is 5.91 Å². The van der Waals surface area contributed by atoms with E-state index in [1.807, 2.05) is 61.5 Å². The van der Waals surface area contributed by atoms with Crippen LogP contribution < -0.4 is 10.2 Å². The number of piperazine rings is 1. The van der Waals surface area contributed by atoms with Crippen LogP contribution in [0.15, 0.2) is 89.3 Å². The van der Waals surface area contributed by atoms with Gasteiger partial charge in [-0.15, -0.1) is 0 Å². The van der Waals surface area contributed by atoms with Crippen LogP contribution in [0.3, 0.4) is 0 Å². The van der Waals surface area contributed by atoms with E-state index in [2.05, 4.69) is 45.4 Å². The number of carbonyl (C=O) groups is 1. The molecule has 0 radical (unpaired) electrons. The Morgan fingerprint density at radius 1 is 0.886 bits per heavy atom. The number of oxazole rings is 1. The molecule has 1 fully saturated rings. The third kappa shape index (κ3) is 5.61. The van der Waals surface area contributed by atoms with Crippen molar-refractivity contribution in [3.05, 3.63) is 108 Å². The van der Waals surface area contributed by atoms with Gasteiger partial charge in [-0.1, -0.05) is 48.5 Å². The molecule has 4 aromatic rings. The fourth-order valence-corrected chi connectivity index (χ4v) is 4.36. The molecule has 1 saturated heterocycles. The largest absolute Gasteiger partial charge is 0.441 e. The highest BCUT2D eigenvalue weighted by Gasteiger charge is 2.20. The minimum absolute atomic E-state index is 0.0979. The molecule has 1 amide bonds. The van der Waals surface area contributed by atoms with Crippen molar-refractivity contribution in [2.75, 3.05) is 31.1 Å². The summed E-state index contributed by atoms with van der Waals surface area (Å²) < 4.78 is 5.99. The minimum Gasteiger partial charge on any atom is -0.441 e. The minimum atomic E-state index is -0.0979. The molecule has 0 aliphatic carbocycles. The maximum absolute atomic E-state index is 12.5. The number of amides is 1. The zero-order valence-electron chi connectivity index (χ0n) is 20.0. The summed E-state index contributed by atoms with van der Waals surface area (Å²) in [4.78, 5) is 22.1. The Kier molecular flexibility index (Phi) is 6.91. The van der Waals surface area contributed by atoms with Crippen molar-refractivity contribution in [3.8, 4) is 11.5 Å². The lowest BCUT2D eigenvalue weighted by atomic mass is 10.1. The van der Waals surface area contributed by atoms with Crippen LogP contribution in [-0.2, 0) is 13.1 Å². The van der Waals surface area contributed by atoms with Crippen molar-refractivity contribution in [1.82, 2.24) is 15.2 Å². The van der Waals surface area contributed by atoms with Gasteiger partial charge in [-0.05, 0) is 48.9 Å². The Morgan fingerprint density at radius 3 is 2.23 bits per heavy atom. The van der Waals surface area contributed by atoms with Crippen LogP contribution >= 0.6 is 0 Å². The van der Waals surface area contributed by atoms with E-state index in [9.17, 15) is 4.79 Å². The molecule has 0 atom stereocenters. The van der Waals surface area contributed by atoms with Crippen molar-refractivity contribution in [1.29, 1.82) is 0 Å². The highest BCUT2D eigenvalue weighted by molar-refractivity contribution is 5.94. The van der Waals surface area contributed by atoms with Crippen LogP contribution in [0.4, 0.5) is 5.69 Å². The highest BCUT2D eigenvalue weighted by Crippen LogP contribution is 2.24. The summed E-state index contributed by atoms with van der Waals surface area (Å²) >= 11 is 0. The molecule has 0 spiro atoms. The van der Waals surface area contributed by atoms with Gasteiger partial charge >= 0.3 is 0 Å². The molecule has 5 rings (SSSR count). The first-order valence-corrected chi connectivity index (χ1v) is 12.1. The molecule has 178 valence electrons. The van der Waals surface area contributed by atoms with Gasteiger partial charge in [0.2, 0.25) is 5.89 Å². The van der Waals surface area contributed by atoms with Crippen molar-refractivity contribution in [3.63, 3.8) is 0 Å². The van der Waals surface area contributed by atoms with Gasteiger partial charge in [-0.3, -0.25) is 9.69 Å². The van der Waals surface area contributed by atoms with Crippen LogP contribution in [0.25, 0.3) is 11.5 Å². The van der Waals surface area contributed by atoms with Gasteiger partial charge in [0.1, 0.15) is 5.76 Å². The fourth-order valence-electron chi connectivity index (χ4n) is 4.36. The predicted octanol–water partition coefficient (Wildman–Crippen LogP) is 4.90. The van der Waals surface area contributed by atoms with E-state index >= 15 is 0 Å². The second-order valence-corrected chi connectivity index (χ2v) is 8.87. The molecular formula is C29H30N4O2. The lowest BCUT2D eigenvalue weighted by molar-refractivity contribution is 0.0951. The molecule has 6 heteroatoms. The van der Waals surface area contributed by atoms with Gasteiger partial charge in [-0.2, -0.15) is 0 Å². The SMILES string of the molecule is Cc1oc(-c2ccc(C(=O)NCc3ccccc3)cc2)nc1CN1CCN(c2ccccc2)CC1. The van der Waals surface area contributed by atoms with Crippen LogP contribution in [-0.4, -0.2) is 42.0 Å². The summed E-state index contributed by atoms with van der Waals surface area (Å²) in [6.45, 7) is 7.23. The lowest BCUT2D eigenvalue weighted by Gasteiger charge is -2.35. The molecule has 0 saturated carbocycles. The molecule has 35 heavy (non-hydrogen) atoms. The number of rotatable bonds is 7. The highest BCUT2D eigenvalue weighted by atomic mass is 16.4. The molecule has 1 aromatic heterocycles. The van der Waals surface area contributed by atoms with Crippen molar-refractivity contribution >= 4 is 11.6 Å². The first kappa shape index (κ1) is 22.9. The summed E-state index contributed by atoms with van der Waals surface area (Å²) in [7, 11) is 0. The maximum Gasteiger partial charge on any atom is 0.251 e. The summed E-state index contributed by atoms with van der Waals surface area (Å²) in [5.74, 6) is 1.34. The van der Waals surface area contributed by atoms with Crippen LogP contribution in [0, 0.1) is 6.92 Å². The predicted molar refractivity (Wildman–Crippen MR) is 138 cm³/mol. The topological polar surface area (TPSA) is 61.6 Å². The third-order valence-electron chi connectivity index (χ3n) is 6.45. The fraction of sp³-hybridized carbons (Fsp3) is 0.241. The maximum atomic E-state index is 12.5. The number of benzene rings is 3. The van der Waals surface area contributed by atoms with Crippen LogP contribution in [0.2, 0.25) is 0 Å². The summed E-state index contributed by atoms with van der Waals surface area (Å²) in [5.41, 5.74) is 4.81. The van der Waals surface area contributed by atoms with E-state index in [1.54, 1.807) is 0 Å². The summed E-state index contributed by atoms with van der Waals surface area (Å²) in [6.07, 6.45) is 0. The Hall–Kier alpha value is -3.90. The molecule has 6 nitrogen and oxygen atoms in total. The van der Waals surface area contributed by atoms with Gasteiger partial charge in [0, 0.05) is 56.1 Å². The Labute approximate surface area is 206 Å². The van der Waals surface area contributed by atoms with Gasteiger partial charge in [-0.25, -0.2) is 4.98 Å². The third-order valence-corrected chi connectivity index (χ3v) is 6.45. The normalized spacial score (nSPS) is 14.1. The van der Waals surface area contributed by atoms with E-state index in [-0.39, 0.29) is 5.91 Å². The molecule has 1 aliphatic rings. The second-order valence-electron chi connectivity index (χ2n) is 8.87. The quantitative estimate of drug-likeness (QED) is 0.420. The van der Waals surface area contributed by atoms with E-state index in [0.29, 0.717) is 18.0 Å². The molecule has 1 N–H and O–H groups in total. The van der Waals surface area contributed by atoms with Crippen LogP contribution in [0.1, 0.15) is 27.4 Å². The molecule has 0 unspecified atom stereocenters. The smallest absolute Gasteiger partial charge is 0.251 e. The van der Waals surface area contributed by atoms with Crippen molar-refractivity contribution in [2.24, 2.45) is 0 Å². The number of aromatic nitrogens is 1. The molecular weight excluding hydrogens is 436 g/mol. The van der Waals surface area contributed by atoms with Gasteiger partial charge in [0.05, 0.1) is 5.69 Å². The number of nitrogens with zero attached hydrogens (tertiary/aromatic N) is 3. The van der Waals surface area contributed by atoms with Gasteiger partial charge < -0.3 is 14.6 Å². The Balaban J connectivity index is 1.17. The number of nitrogens with one attached hydrogen (secondary N) is 1. The lowest BCUT2D eigenvalue weighted by Crippen LogP contribution is -2.46. The number of para-hydroxylation sites is 1. The van der Waals surface area contributed by atoms with Crippen molar-refractivity contribution < 1.29 is 9.21 Å².